The van der Waals surface area contributed by atoms with Gasteiger partial charge in [0, 0.05) is 25.6 Å². The van der Waals surface area contributed by atoms with Crippen LogP contribution >= 0.6 is 0 Å². The van der Waals surface area contributed by atoms with E-state index >= 15 is 0 Å². The number of nitrogens with two attached hydrogens (primary N) is 2. The first-order chi connectivity index (χ1) is 6.59. The molecule has 0 bridgehead atoms. The summed E-state index contributed by atoms with van der Waals surface area (Å²) >= 11 is 0. The van der Waals surface area contributed by atoms with E-state index in [-0.39, 0.29) is 11.9 Å². The zero-order chi connectivity index (χ0) is 10.6. The molecule has 6 heteroatoms. The monoisotopic (exact) mass is 200 g/mol. The normalized spacial score (nSPS) is 23.2. The highest BCUT2D eigenvalue weighted by molar-refractivity contribution is 5.79. The lowest BCUT2D eigenvalue weighted by molar-refractivity contribution is -0.120. The minimum atomic E-state index is -0.660. The average Bonchev–Trinajstić information content (AvgIpc) is 2.51. The van der Waals surface area contributed by atoms with E-state index in [9.17, 15) is 9.59 Å². The summed E-state index contributed by atoms with van der Waals surface area (Å²) in [5.41, 5.74) is 10.4. The second-order valence-corrected chi connectivity index (χ2v) is 3.47. The molecule has 0 spiro atoms. The van der Waals surface area contributed by atoms with Crippen LogP contribution in [0.25, 0.3) is 0 Å². The Balaban J connectivity index is 2.09. The van der Waals surface area contributed by atoms with Gasteiger partial charge in [-0.15, -0.1) is 0 Å². The van der Waals surface area contributed by atoms with Crippen molar-refractivity contribution in [3.05, 3.63) is 0 Å². The number of hydrogen-bond acceptors (Lipinski definition) is 4. The summed E-state index contributed by atoms with van der Waals surface area (Å²) in [6, 6.07) is -0.505. The number of carbonyl (C=O) groups excluding carboxylic acids is 2. The van der Waals surface area contributed by atoms with Gasteiger partial charge in [0.05, 0.1) is 6.04 Å². The van der Waals surface area contributed by atoms with E-state index in [0.29, 0.717) is 19.5 Å². The predicted molar refractivity (Wildman–Crippen MR) is 51.2 cm³/mol. The maximum atomic E-state index is 10.8. The summed E-state index contributed by atoms with van der Waals surface area (Å²) in [5, 5.41) is 5.79. The number of amides is 2. The van der Waals surface area contributed by atoms with Crippen LogP contribution in [0.2, 0.25) is 0 Å². The van der Waals surface area contributed by atoms with Gasteiger partial charge in [-0.1, -0.05) is 0 Å². The van der Waals surface area contributed by atoms with Gasteiger partial charge >= 0.3 is 0 Å². The second-order valence-electron chi connectivity index (χ2n) is 3.47. The minimum absolute atomic E-state index is 0.0796. The van der Waals surface area contributed by atoms with Crippen molar-refractivity contribution in [2.45, 2.75) is 24.9 Å². The highest BCUT2D eigenvalue weighted by atomic mass is 16.2. The van der Waals surface area contributed by atoms with Crippen molar-refractivity contribution in [1.82, 2.24) is 10.6 Å². The van der Waals surface area contributed by atoms with Gasteiger partial charge in [-0.2, -0.15) is 0 Å². The fourth-order valence-electron chi connectivity index (χ4n) is 1.34. The van der Waals surface area contributed by atoms with Crippen molar-refractivity contribution in [2.24, 2.45) is 11.5 Å². The molecule has 1 aliphatic heterocycles. The van der Waals surface area contributed by atoms with Crippen molar-refractivity contribution < 1.29 is 9.59 Å². The summed E-state index contributed by atoms with van der Waals surface area (Å²) in [7, 11) is 0. The molecule has 1 fully saturated rings. The van der Waals surface area contributed by atoms with Crippen molar-refractivity contribution >= 4 is 11.8 Å². The van der Waals surface area contributed by atoms with Crippen LogP contribution in [-0.4, -0.2) is 37.0 Å². The van der Waals surface area contributed by atoms with Crippen molar-refractivity contribution in [2.75, 3.05) is 13.1 Å². The van der Waals surface area contributed by atoms with Crippen LogP contribution in [0.3, 0.4) is 0 Å². The molecule has 2 amide bonds. The number of nitrogens with one attached hydrogen (secondary N) is 2. The zero-order valence-electron chi connectivity index (χ0n) is 7.95. The molecule has 1 heterocycles. The quantitative estimate of drug-likeness (QED) is 0.399. The Labute approximate surface area is 82.4 Å². The molecule has 14 heavy (non-hydrogen) atoms. The third kappa shape index (κ3) is 3.31. The molecule has 2 unspecified atom stereocenters. The molecule has 6 N–H and O–H groups in total. The summed E-state index contributed by atoms with van der Waals surface area (Å²) in [6.45, 7) is 0.981. The van der Waals surface area contributed by atoms with E-state index in [0.717, 1.165) is 6.42 Å². The molecule has 2 atom stereocenters. The Morgan fingerprint density at radius 3 is 2.93 bits per heavy atom. The SMILES string of the molecule is NC(=O)C(N)CNCC1CCC(=O)N1. The summed E-state index contributed by atoms with van der Waals surface area (Å²) < 4.78 is 0. The molecule has 6 nitrogen and oxygen atoms in total. The van der Waals surface area contributed by atoms with Gasteiger partial charge in [0.1, 0.15) is 0 Å². The molecule has 1 aliphatic rings. The molecule has 0 aromatic heterocycles. The fraction of sp³-hybridized carbons (Fsp3) is 0.750. The molecular weight excluding hydrogens is 184 g/mol. The number of carbonyl (C=O) groups is 2. The number of rotatable bonds is 5. The van der Waals surface area contributed by atoms with Gasteiger partial charge in [0.25, 0.3) is 0 Å². The molecule has 1 saturated heterocycles. The summed E-state index contributed by atoms with van der Waals surface area (Å²) in [6.07, 6.45) is 1.41. The predicted octanol–water partition coefficient (Wildman–Crippen LogP) is -2.33. The first-order valence-corrected chi connectivity index (χ1v) is 4.64. The van der Waals surface area contributed by atoms with Crippen molar-refractivity contribution in [3.8, 4) is 0 Å². The van der Waals surface area contributed by atoms with Crippen molar-refractivity contribution in [3.63, 3.8) is 0 Å². The van der Waals surface area contributed by atoms with E-state index in [4.69, 9.17) is 11.5 Å². The van der Waals surface area contributed by atoms with Crippen LogP contribution in [0.4, 0.5) is 0 Å². The van der Waals surface area contributed by atoms with Crippen LogP contribution in [0.5, 0.6) is 0 Å². The summed E-state index contributed by atoms with van der Waals surface area (Å²) in [4.78, 5) is 21.4. The third-order valence-corrected chi connectivity index (χ3v) is 2.21. The third-order valence-electron chi connectivity index (χ3n) is 2.21. The highest BCUT2D eigenvalue weighted by Crippen LogP contribution is 2.04. The molecule has 1 rings (SSSR count). The van der Waals surface area contributed by atoms with Gasteiger partial charge in [-0.05, 0) is 6.42 Å². The van der Waals surface area contributed by atoms with Gasteiger partial charge in [-0.3, -0.25) is 9.59 Å². The van der Waals surface area contributed by atoms with Crippen molar-refractivity contribution in [1.29, 1.82) is 0 Å². The van der Waals surface area contributed by atoms with Gasteiger partial charge in [0.15, 0.2) is 0 Å². The fourth-order valence-corrected chi connectivity index (χ4v) is 1.34. The molecule has 80 valence electrons. The van der Waals surface area contributed by atoms with E-state index in [2.05, 4.69) is 10.6 Å². The Bertz CT molecular complexity index is 231. The Kier molecular flexibility index (Phi) is 3.84. The second kappa shape index (κ2) is 4.92. The summed E-state index contributed by atoms with van der Waals surface area (Å²) in [5.74, 6) is -0.441. The van der Waals surface area contributed by atoms with Gasteiger partial charge in [-0.25, -0.2) is 0 Å². The maximum absolute atomic E-state index is 10.8. The van der Waals surface area contributed by atoms with Crippen LogP contribution in [0.1, 0.15) is 12.8 Å². The molecule has 0 aromatic carbocycles. The average molecular weight is 200 g/mol. The molecule has 0 radical (unpaired) electrons. The molecular formula is C8H16N4O2. The molecule has 0 saturated carbocycles. The zero-order valence-corrected chi connectivity index (χ0v) is 7.95. The minimum Gasteiger partial charge on any atom is -0.368 e. The lowest BCUT2D eigenvalue weighted by atomic mass is 10.2. The van der Waals surface area contributed by atoms with E-state index < -0.39 is 11.9 Å². The lowest BCUT2D eigenvalue weighted by Crippen LogP contribution is -2.46. The van der Waals surface area contributed by atoms with Gasteiger partial charge in [0.2, 0.25) is 11.8 Å². The smallest absolute Gasteiger partial charge is 0.235 e. The van der Waals surface area contributed by atoms with E-state index in [1.807, 2.05) is 0 Å². The topological polar surface area (TPSA) is 110 Å². The van der Waals surface area contributed by atoms with Crippen LogP contribution in [-0.2, 0) is 9.59 Å². The molecule has 0 aliphatic carbocycles. The highest BCUT2D eigenvalue weighted by Gasteiger charge is 2.20. The van der Waals surface area contributed by atoms with Crippen LogP contribution in [0.15, 0.2) is 0 Å². The Hall–Kier alpha value is -1.14. The first kappa shape index (κ1) is 10.9. The Morgan fingerprint density at radius 2 is 2.43 bits per heavy atom. The lowest BCUT2D eigenvalue weighted by Gasteiger charge is -2.13. The van der Waals surface area contributed by atoms with Crippen LogP contribution in [0, 0.1) is 0 Å². The standard InChI is InChI=1S/C8H16N4O2/c9-6(8(10)14)4-11-3-5-1-2-7(13)12-5/h5-6,11H,1-4,9H2,(H2,10,14)(H,12,13). The maximum Gasteiger partial charge on any atom is 0.235 e. The largest absolute Gasteiger partial charge is 0.368 e. The van der Waals surface area contributed by atoms with E-state index in [1.165, 1.54) is 0 Å². The number of hydrogen-bond donors (Lipinski definition) is 4. The Morgan fingerprint density at radius 1 is 1.71 bits per heavy atom. The molecule has 0 aromatic rings. The van der Waals surface area contributed by atoms with Gasteiger partial charge < -0.3 is 22.1 Å². The van der Waals surface area contributed by atoms with E-state index in [1.54, 1.807) is 0 Å². The first-order valence-electron chi connectivity index (χ1n) is 4.64. The number of primary amides is 1. The van der Waals surface area contributed by atoms with Crippen LogP contribution < -0.4 is 22.1 Å².